The van der Waals surface area contributed by atoms with Crippen molar-refractivity contribution in [2.75, 3.05) is 26.8 Å². The lowest BCUT2D eigenvalue weighted by atomic mass is 9.98. The smallest absolute Gasteiger partial charge is 0.414 e. The molecule has 1 N–H and O–H groups in total. The van der Waals surface area contributed by atoms with Crippen LogP contribution in [0.3, 0.4) is 0 Å². The molecule has 0 saturated heterocycles. The Morgan fingerprint density at radius 3 is 2.29 bits per heavy atom. The van der Waals surface area contributed by atoms with E-state index in [1.165, 1.54) is 13.3 Å². The maximum Gasteiger partial charge on any atom is 0.414 e. The highest BCUT2D eigenvalue weighted by Crippen LogP contribution is 2.39. The van der Waals surface area contributed by atoms with Crippen LogP contribution in [0.4, 0.5) is 21.9 Å². The van der Waals surface area contributed by atoms with Gasteiger partial charge in [-0.25, -0.2) is 13.2 Å². The Morgan fingerprint density at radius 2 is 1.66 bits per heavy atom. The molecule has 188 valence electrons. The molecule has 35 heavy (non-hydrogen) atoms. The van der Waals surface area contributed by atoms with Crippen LogP contribution in [0.2, 0.25) is 0 Å². The topological polar surface area (TPSA) is 96.0 Å². The van der Waals surface area contributed by atoms with Crippen LogP contribution in [-0.2, 0) is 19.6 Å². The van der Waals surface area contributed by atoms with E-state index in [9.17, 15) is 18.0 Å². The van der Waals surface area contributed by atoms with Crippen molar-refractivity contribution in [1.29, 1.82) is 0 Å². The molecule has 1 heterocycles. The number of nitrogens with zero attached hydrogens (tertiary/aromatic N) is 2. The molecule has 2 aliphatic rings. The summed E-state index contributed by atoms with van der Waals surface area (Å²) >= 11 is 0. The maximum atomic E-state index is 13.2. The van der Waals surface area contributed by atoms with Crippen molar-refractivity contribution in [3.63, 3.8) is 0 Å². The molecular weight excluding hydrogens is 466 g/mol. The molecule has 0 aromatic heterocycles. The molecule has 2 aromatic carbocycles. The third-order valence-corrected chi connectivity index (χ3v) is 7.97. The minimum atomic E-state index is -3.36. The number of rotatable bonds is 5. The van der Waals surface area contributed by atoms with Gasteiger partial charge in [-0.2, -0.15) is 0 Å². The SMILES string of the molecule is CCS(=O)(=O)Nc1ccc(-c2ccc3c(c2)N(C(=O)OC2CCCCC2)C[C@H](C)N3C(C)=O)cc1. The van der Waals surface area contributed by atoms with Crippen molar-refractivity contribution in [3.05, 3.63) is 42.5 Å². The van der Waals surface area contributed by atoms with Crippen LogP contribution in [0, 0.1) is 0 Å². The quantitative estimate of drug-likeness (QED) is 0.614. The van der Waals surface area contributed by atoms with Gasteiger partial charge in [0.25, 0.3) is 0 Å². The van der Waals surface area contributed by atoms with Crippen molar-refractivity contribution < 1.29 is 22.7 Å². The van der Waals surface area contributed by atoms with E-state index in [1.54, 1.807) is 28.9 Å². The van der Waals surface area contributed by atoms with Crippen LogP contribution in [-0.4, -0.2) is 44.9 Å². The fourth-order valence-corrected chi connectivity index (χ4v) is 5.47. The van der Waals surface area contributed by atoms with Crippen LogP contribution < -0.4 is 14.5 Å². The highest BCUT2D eigenvalue weighted by Gasteiger charge is 2.35. The van der Waals surface area contributed by atoms with Gasteiger partial charge in [-0.3, -0.25) is 14.4 Å². The number of amides is 2. The van der Waals surface area contributed by atoms with Gasteiger partial charge in [0.05, 0.1) is 23.2 Å². The number of carbonyl (C=O) groups excluding carboxylic acids is 2. The minimum Gasteiger partial charge on any atom is -0.446 e. The van der Waals surface area contributed by atoms with E-state index in [0.29, 0.717) is 23.6 Å². The first-order chi connectivity index (χ1) is 16.7. The van der Waals surface area contributed by atoms with Gasteiger partial charge in [0.2, 0.25) is 15.9 Å². The highest BCUT2D eigenvalue weighted by atomic mass is 32.2. The number of hydrogen-bond donors (Lipinski definition) is 1. The zero-order valence-electron chi connectivity index (χ0n) is 20.5. The van der Waals surface area contributed by atoms with Crippen molar-refractivity contribution >= 4 is 39.1 Å². The molecule has 1 aliphatic heterocycles. The third-order valence-electron chi connectivity index (χ3n) is 6.66. The summed E-state index contributed by atoms with van der Waals surface area (Å²) in [4.78, 5) is 29.0. The Balaban J connectivity index is 1.65. The summed E-state index contributed by atoms with van der Waals surface area (Å²) in [6.07, 6.45) is 4.63. The molecule has 4 rings (SSSR count). The largest absolute Gasteiger partial charge is 0.446 e. The second-order valence-electron chi connectivity index (χ2n) is 9.28. The summed E-state index contributed by atoms with van der Waals surface area (Å²) in [6, 6.07) is 12.5. The molecule has 1 fully saturated rings. The summed E-state index contributed by atoms with van der Waals surface area (Å²) in [5, 5.41) is 0. The monoisotopic (exact) mass is 499 g/mol. The van der Waals surface area contributed by atoms with E-state index in [-0.39, 0.29) is 29.9 Å². The summed E-state index contributed by atoms with van der Waals surface area (Å²) < 4.78 is 32.1. The van der Waals surface area contributed by atoms with Crippen LogP contribution in [0.5, 0.6) is 0 Å². The van der Waals surface area contributed by atoms with Gasteiger partial charge in [0.15, 0.2) is 0 Å². The molecule has 2 aromatic rings. The number of benzene rings is 2. The molecule has 0 unspecified atom stereocenters. The van der Waals surface area contributed by atoms with E-state index in [2.05, 4.69) is 4.72 Å². The third kappa shape index (κ3) is 5.61. The summed E-state index contributed by atoms with van der Waals surface area (Å²) in [7, 11) is -3.36. The van der Waals surface area contributed by atoms with Crippen molar-refractivity contribution in [1.82, 2.24) is 0 Å². The predicted octanol–water partition coefficient (Wildman–Crippen LogP) is 5.15. The highest BCUT2D eigenvalue weighted by molar-refractivity contribution is 7.92. The number of anilines is 3. The average molecular weight is 500 g/mol. The Hall–Kier alpha value is -3.07. The standard InChI is InChI=1S/C26H33N3O5S/c1-4-35(32,33)27-22-13-10-20(11-14-22)21-12-15-24-25(16-21)28(17-18(2)29(24)19(3)30)26(31)34-23-8-6-5-7-9-23/h10-16,18,23,27H,4-9,17H2,1-3H3/t18-/m0/s1. The Labute approximate surface area is 207 Å². The van der Waals surface area contributed by atoms with E-state index in [4.69, 9.17) is 4.74 Å². The van der Waals surface area contributed by atoms with E-state index in [0.717, 1.165) is 36.8 Å². The molecule has 0 radical (unpaired) electrons. The molecule has 1 aliphatic carbocycles. The molecule has 0 bridgehead atoms. The zero-order valence-corrected chi connectivity index (χ0v) is 21.3. The fourth-order valence-electron chi connectivity index (χ4n) is 4.83. The Bertz CT molecular complexity index is 1190. The average Bonchev–Trinajstić information content (AvgIpc) is 2.84. The maximum absolute atomic E-state index is 13.2. The number of fused-ring (bicyclic) bond motifs is 1. The molecule has 1 saturated carbocycles. The van der Waals surface area contributed by atoms with Crippen molar-refractivity contribution in [3.8, 4) is 11.1 Å². The second kappa shape index (κ2) is 10.3. The normalized spacial score (nSPS) is 18.7. The van der Waals surface area contributed by atoms with Gasteiger partial charge in [-0.05, 0) is 74.9 Å². The molecule has 0 spiro atoms. The van der Waals surface area contributed by atoms with Gasteiger partial charge in [0, 0.05) is 19.2 Å². The predicted molar refractivity (Wildman–Crippen MR) is 138 cm³/mol. The first-order valence-electron chi connectivity index (χ1n) is 12.2. The number of ether oxygens (including phenoxy) is 1. The minimum absolute atomic E-state index is 0.00254. The summed E-state index contributed by atoms with van der Waals surface area (Å²) in [5.41, 5.74) is 3.51. The second-order valence-corrected chi connectivity index (χ2v) is 11.3. The lowest BCUT2D eigenvalue weighted by Gasteiger charge is -2.41. The van der Waals surface area contributed by atoms with Crippen LogP contribution in [0.25, 0.3) is 11.1 Å². The molecule has 2 amide bonds. The molecule has 1 atom stereocenters. The van der Waals surface area contributed by atoms with Gasteiger partial charge in [-0.1, -0.05) is 24.6 Å². The molecule has 8 nitrogen and oxygen atoms in total. The van der Waals surface area contributed by atoms with Gasteiger partial charge in [-0.15, -0.1) is 0 Å². The lowest BCUT2D eigenvalue weighted by Crippen LogP contribution is -2.52. The summed E-state index contributed by atoms with van der Waals surface area (Å²) in [6.45, 7) is 5.38. The van der Waals surface area contributed by atoms with E-state index in [1.807, 2.05) is 37.3 Å². The first-order valence-corrected chi connectivity index (χ1v) is 13.9. The van der Waals surface area contributed by atoms with Gasteiger partial charge >= 0.3 is 6.09 Å². The number of nitrogens with one attached hydrogen (secondary N) is 1. The van der Waals surface area contributed by atoms with Crippen molar-refractivity contribution in [2.45, 2.75) is 65.0 Å². The van der Waals surface area contributed by atoms with Gasteiger partial charge < -0.3 is 9.64 Å². The van der Waals surface area contributed by atoms with Crippen molar-refractivity contribution in [2.24, 2.45) is 0 Å². The molecular formula is C26H33N3O5S. The first kappa shape index (κ1) is 25.0. The van der Waals surface area contributed by atoms with Crippen LogP contribution >= 0.6 is 0 Å². The number of sulfonamides is 1. The van der Waals surface area contributed by atoms with E-state index < -0.39 is 10.0 Å². The lowest BCUT2D eigenvalue weighted by molar-refractivity contribution is -0.117. The van der Waals surface area contributed by atoms with Crippen LogP contribution in [0.1, 0.15) is 52.9 Å². The number of carbonyl (C=O) groups is 2. The van der Waals surface area contributed by atoms with E-state index >= 15 is 0 Å². The Kier molecular flexibility index (Phi) is 7.35. The Morgan fingerprint density at radius 1 is 1.00 bits per heavy atom. The fraction of sp³-hybridized carbons (Fsp3) is 0.462. The summed E-state index contributed by atoms with van der Waals surface area (Å²) in [5.74, 6) is -0.0865. The molecule has 9 heteroatoms. The zero-order chi connectivity index (χ0) is 25.2. The van der Waals surface area contributed by atoms with Crippen LogP contribution in [0.15, 0.2) is 42.5 Å². The number of hydrogen-bond acceptors (Lipinski definition) is 5. The van der Waals surface area contributed by atoms with Gasteiger partial charge in [0.1, 0.15) is 6.10 Å².